The lowest BCUT2D eigenvalue weighted by atomic mass is 10.1. The lowest BCUT2D eigenvalue weighted by Crippen LogP contribution is -2.31. The summed E-state index contributed by atoms with van der Waals surface area (Å²) in [6.07, 6.45) is 3.63. The Morgan fingerprint density at radius 3 is 2.63 bits per heavy atom. The first-order chi connectivity index (χ1) is 9.06. The molecule has 1 atom stereocenters. The van der Waals surface area contributed by atoms with Crippen LogP contribution in [0.1, 0.15) is 37.6 Å². The first kappa shape index (κ1) is 16.0. The maximum absolute atomic E-state index is 11.5. The van der Waals surface area contributed by atoms with Crippen LogP contribution in [0.5, 0.6) is 0 Å². The van der Waals surface area contributed by atoms with Crippen LogP contribution in [-0.2, 0) is 10.8 Å². The van der Waals surface area contributed by atoms with E-state index in [1.807, 2.05) is 0 Å². The second kappa shape index (κ2) is 8.21. The van der Waals surface area contributed by atoms with Crippen LogP contribution in [0, 0.1) is 0 Å². The number of nitrogens with one attached hydrogen (secondary N) is 2. The van der Waals surface area contributed by atoms with Gasteiger partial charge < -0.3 is 5.32 Å². The van der Waals surface area contributed by atoms with Crippen molar-refractivity contribution in [2.24, 2.45) is 0 Å². The van der Waals surface area contributed by atoms with Crippen LogP contribution < -0.4 is 10.6 Å². The molecule has 0 spiro atoms. The SMILES string of the molecule is CCC(CC)c1nnc(NC(=O)NCC[S@@](C)=O)s1. The summed E-state index contributed by atoms with van der Waals surface area (Å²) in [7, 11) is -0.901. The minimum absolute atomic E-state index is 0.335. The number of aromatic nitrogens is 2. The molecular formula is C11H20N4O2S2. The summed E-state index contributed by atoms with van der Waals surface area (Å²) in [6.45, 7) is 4.60. The van der Waals surface area contributed by atoms with Crippen LogP contribution in [-0.4, -0.2) is 39.0 Å². The average Bonchev–Trinajstić information content (AvgIpc) is 2.78. The quantitative estimate of drug-likeness (QED) is 0.806. The monoisotopic (exact) mass is 304 g/mol. The van der Waals surface area contributed by atoms with E-state index in [0.717, 1.165) is 17.8 Å². The molecule has 1 aromatic heterocycles. The number of urea groups is 1. The van der Waals surface area contributed by atoms with Crippen LogP contribution in [0.4, 0.5) is 9.93 Å². The number of nitrogens with zero attached hydrogens (tertiary/aromatic N) is 2. The number of rotatable bonds is 7. The highest BCUT2D eigenvalue weighted by atomic mass is 32.2. The third kappa shape index (κ3) is 5.65. The van der Waals surface area contributed by atoms with Gasteiger partial charge in [0.2, 0.25) is 5.13 Å². The van der Waals surface area contributed by atoms with Gasteiger partial charge in [-0.2, -0.15) is 0 Å². The van der Waals surface area contributed by atoms with Crippen molar-refractivity contribution < 1.29 is 9.00 Å². The van der Waals surface area contributed by atoms with E-state index in [4.69, 9.17) is 0 Å². The second-order valence-corrected chi connectivity index (χ2v) is 6.68. The highest BCUT2D eigenvalue weighted by Gasteiger charge is 2.14. The van der Waals surface area contributed by atoms with E-state index in [0.29, 0.717) is 23.3 Å². The van der Waals surface area contributed by atoms with E-state index < -0.39 is 10.8 Å². The number of carbonyl (C=O) groups excluding carboxylic acids is 1. The molecular weight excluding hydrogens is 284 g/mol. The van der Waals surface area contributed by atoms with Gasteiger partial charge in [0.25, 0.3) is 0 Å². The molecule has 0 unspecified atom stereocenters. The van der Waals surface area contributed by atoms with E-state index in [-0.39, 0.29) is 6.03 Å². The van der Waals surface area contributed by atoms with E-state index in [2.05, 4.69) is 34.7 Å². The third-order valence-electron chi connectivity index (χ3n) is 2.67. The summed E-state index contributed by atoms with van der Waals surface area (Å²) in [5.41, 5.74) is 0. The highest BCUT2D eigenvalue weighted by Crippen LogP contribution is 2.27. The van der Waals surface area contributed by atoms with Crippen LogP contribution in [0.25, 0.3) is 0 Å². The summed E-state index contributed by atoms with van der Waals surface area (Å²) in [5.74, 6) is 0.848. The molecule has 0 bridgehead atoms. The van der Waals surface area contributed by atoms with Gasteiger partial charge >= 0.3 is 6.03 Å². The molecule has 2 N–H and O–H groups in total. The smallest absolute Gasteiger partial charge is 0.321 e. The number of anilines is 1. The fraction of sp³-hybridized carbons (Fsp3) is 0.727. The van der Waals surface area contributed by atoms with Crippen molar-refractivity contribution in [2.45, 2.75) is 32.6 Å². The van der Waals surface area contributed by atoms with Crippen molar-refractivity contribution in [3.8, 4) is 0 Å². The van der Waals surface area contributed by atoms with Gasteiger partial charge in [-0.05, 0) is 12.8 Å². The fourth-order valence-corrected chi connectivity index (χ4v) is 2.93. The first-order valence-electron chi connectivity index (χ1n) is 6.25. The Morgan fingerprint density at radius 1 is 1.37 bits per heavy atom. The molecule has 108 valence electrons. The maximum Gasteiger partial charge on any atom is 0.321 e. The lowest BCUT2D eigenvalue weighted by molar-refractivity contribution is 0.252. The van der Waals surface area contributed by atoms with E-state index >= 15 is 0 Å². The van der Waals surface area contributed by atoms with Crippen molar-refractivity contribution in [1.82, 2.24) is 15.5 Å². The highest BCUT2D eigenvalue weighted by molar-refractivity contribution is 7.84. The van der Waals surface area contributed by atoms with Gasteiger partial charge in [-0.15, -0.1) is 10.2 Å². The molecule has 0 radical (unpaired) electrons. The summed E-state index contributed by atoms with van der Waals surface area (Å²) in [4.78, 5) is 11.5. The maximum atomic E-state index is 11.5. The third-order valence-corrected chi connectivity index (χ3v) is 4.45. The fourth-order valence-electron chi connectivity index (χ4n) is 1.54. The summed E-state index contributed by atoms with van der Waals surface area (Å²) < 4.78 is 10.8. The molecule has 0 saturated heterocycles. The molecule has 6 nitrogen and oxygen atoms in total. The zero-order valence-corrected chi connectivity index (χ0v) is 13.1. The van der Waals surface area contributed by atoms with Gasteiger partial charge in [-0.1, -0.05) is 25.2 Å². The van der Waals surface area contributed by atoms with Crippen LogP contribution in [0.15, 0.2) is 0 Å². The van der Waals surface area contributed by atoms with Gasteiger partial charge in [-0.3, -0.25) is 9.53 Å². The van der Waals surface area contributed by atoms with E-state index in [1.165, 1.54) is 11.3 Å². The Kier molecular flexibility index (Phi) is 6.93. The van der Waals surface area contributed by atoms with Crippen molar-refractivity contribution in [3.63, 3.8) is 0 Å². The lowest BCUT2D eigenvalue weighted by Gasteiger charge is -2.06. The summed E-state index contributed by atoms with van der Waals surface area (Å²) in [5, 5.41) is 14.8. The van der Waals surface area contributed by atoms with Crippen LogP contribution >= 0.6 is 11.3 Å². The Balaban J connectivity index is 2.44. The van der Waals surface area contributed by atoms with Crippen molar-refractivity contribution in [3.05, 3.63) is 5.01 Å². The van der Waals surface area contributed by atoms with Crippen molar-refractivity contribution in [2.75, 3.05) is 23.9 Å². The van der Waals surface area contributed by atoms with Crippen molar-refractivity contribution in [1.29, 1.82) is 0 Å². The molecule has 1 heterocycles. The van der Waals surface area contributed by atoms with Gasteiger partial charge in [0.05, 0.1) is 0 Å². The van der Waals surface area contributed by atoms with Crippen LogP contribution in [0.3, 0.4) is 0 Å². The molecule has 0 fully saturated rings. The van der Waals surface area contributed by atoms with Crippen LogP contribution in [0.2, 0.25) is 0 Å². The first-order valence-corrected chi connectivity index (χ1v) is 8.79. The summed E-state index contributed by atoms with van der Waals surface area (Å²) >= 11 is 1.40. The topological polar surface area (TPSA) is 84.0 Å². The minimum Gasteiger partial charge on any atom is -0.337 e. The average molecular weight is 304 g/mol. The molecule has 0 aliphatic heterocycles. The number of carbonyl (C=O) groups is 1. The molecule has 0 aliphatic rings. The van der Waals surface area contributed by atoms with Gasteiger partial charge in [0, 0.05) is 35.3 Å². The van der Waals surface area contributed by atoms with Gasteiger partial charge in [0.15, 0.2) is 0 Å². The normalized spacial score (nSPS) is 12.4. The van der Waals surface area contributed by atoms with Crippen molar-refractivity contribution >= 4 is 33.3 Å². The Bertz CT molecular complexity index is 432. The Hall–Kier alpha value is -1.02. The standard InChI is InChI=1S/C11H20N4O2S2/c1-4-8(5-2)9-14-15-11(18-9)13-10(16)12-6-7-19(3)17/h8H,4-7H2,1-3H3,(H2,12,13,15,16)/t19-/m1/s1. The molecule has 0 saturated carbocycles. The zero-order chi connectivity index (χ0) is 14.3. The predicted molar refractivity (Wildman–Crippen MR) is 79.2 cm³/mol. The summed E-state index contributed by atoms with van der Waals surface area (Å²) in [6, 6.07) is -0.335. The Labute approximate surface area is 119 Å². The molecule has 8 heteroatoms. The molecule has 0 aromatic carbocycles. The van der Waals surface area contributed by atoms with E-state index in [9.17, 15) is 9.00 Å². The number of amides is 2. The second-order valence-electron chi connectivity index (χ2n) is 4.12. The molecule has 0 aliphatic carbocycles. The largest absolute Gasteiger partial charge is 0.337 e. The zero-order valence-electron chi connectivity index (χ0n) is 11.4. The number of hydrogen-bond donors (Lipinski definition) is 2. The number of hydrogen-bond acceptors (Lipinski definition) is 5. The Morgan fingerprint density at radius 2 is 2.05 bits per heavy atom. The van der Waals surface area contributed by atoms with Gasteiger partial charge in [-0.25, -0.2) is 4.79 Å². The molecule has 2 amide bonds. The van der Waals surface area contributed by atoms with Gasteiger partial charge in [0.1, 0.15) is 5.01 Å². The van der Waals surface area contributed by atoms with E-state index in [1.54, 1.807) is 6.26 Å². The molecule has 1 aromatic rings. The predicted octanol–water partition coefficient (Wildman–Crippen LogP) is 1.94. The minimum atomic E-state index is -0.901. The molecule has 1 rings (SSSR count). The molecule has 19 heavy (non-hydrogen) atoms.